The number of nitrogens with one attached hydrogen (secondary N) is 1. The minimum atomic E-state index is -1.20. The minimum Gasteiger partial charge on any atom is -0.497 e. The molecular formula is C28H26N2O5. The highest BCUT2D eigenvalue weighted by atomic mass is 16.5. The van der Waals surface area contributed by atoms with Gasteiger partial charge in [-0.3, -0.25) is 14.6 Å². The molecule has 0 atom stereocenters. The molecule has 0 saturated heterocycles. The zero-order valence-electron chi connectivity index (χ0n) is 19.8. The van der Waals surface area contributed by atoms with Crippen LogP contribution < -0.4 is 10.1 Å². The lowest BCUT2D eigenvalue weighted by Crippen LogP contribution is -2.30. The Kier molecular flexibility index (Phi) is 6.51. The van der Waals surface area contributed by atoms with Crippen molar-refractivity contribution >= 4 is 29.1 Å². The van der Waals surface area contributed by atoms with Crippen LogP contribution in [0.15, 0.2) is 71.7 Å². The number of carbonyl (C=O) groups excluding carboxylic acids is 2. The minimum absolute atomic E-state index is 0.0154. The number of rotatable bonds is 7. The van der Waals surface area contributed by atoms with Gasteiger partial charge in [-0.1, -0.05) is 30.3 Å². The largest absolute Gasteiger partial charge is 0.497 e. The van der Waals surface area contributed by atoms with Crippen LogP contribution >= 0.6 is 0 Å². The van der Waals surface area contributed by atoms with E-state index in [2.05, 4.69) is 5.32 Å². The van der Waals surface area contributed by atoms with Crippen LogP contribution in [-0.2, 0) is 6.42 Å². The molecule has 0 aliphatic carbocycles. The summed E-state index contributed by atoms with van der Waals surface area (Å²) in [5.41, 5.74) is 2.83. The van der Waals surface area contributed by atoms with Gasteiger partial charge in [0.25, 0.3) is 5.91 Å². The molecule has 0 bridgehead atoms. The van der Waals surface area contributed by atoms with Gasteiger partial charge in [-0.05, 0) is 62.2 Å². The molecule has 4 rings (SSSR count). The summed E-state index contributed by atoms with van der Waals surface area (Å²) in [6, 6.07) is 18.4. The molecule has 178 valence electrons. The van der Waals surface area contributed by atoms with Gasteiger partial charge in [0.1, 0.15) is 5.75 Å². The van der Waals surface area contributed by atoms with Crippen molar-refractivity contribution in [1.29, 1.82) is 0 Å². The molecule has 7 heteroatoms. The summed E-state index contributed by atoms with van der Waals surface area (Å²) in [4.78, 5) is 42.7. The van der Waals surface area contributed by atoms with Crippen molar-refractivity contribution in [3.05, 3.63) is 94.5 Å². The molecular weight excluding hydrogens is 444 g/mol. The van der Waals surface area contributed by atoms with E-state index in [0.717, 1.165) is 17.5 Å². The lowest BCUT2D eigenvalue weighted by Gasteiger charge is -2.29. The number of fused-ring (bicyclic) bond motifs is 1. The number of ketones is 1. The number of nitrogens with zero attached hydrogens (tertiary/aromatic N) is 1. The predicted molar refractivity (Wildman–Crippen MR) is 134 cm³/mol. The van der Waals surface area contributed by atoms with Crippen molar-refractivity contribution in [3.63, 3.8) is 0 Å². The Morgan fingerprint density at radius 1 is 0.971 bits per heavy atom. The first-order chi connectivity index (χ1) is 16.7. The summed E-state index contributed by atoms with van der Waals surface area (Å²) in [6.07, 6.45) is 0.793. The van der Waals surface area contributed by atoms with E-state index in [9.17, 15) is 19.5 Å². The molecule has 0 unspecified atom stereocenters. The van der Waals surface area contributed by atoms with E-state index in [-0.39, 0.29) is 28.9 Å². The number of ether oxygens (including phenoxy) is 1. The number of Topliss-reactive ketones (excluding diaryl/α,β-unsaturated/α-hetero) is 1. The zero-order valence-corrected chi connectivity index (χ0v) is 19.8. The maximum atomic E-state index is 13.4. The van der Waals surface area contributed by atoms with Crippen LogP contribution in [0.5, 0.6) is 5.75 Å². The topological polar surface area (TPSA) is 105 Å². The SMILES string of the molecule is COc1ccc2c(c1)C(CC(=O)c1ccccc1NC(=O)c1ccccc1C(=O)O)=NC(C)(C)C2. The number of amides is 1. The number of para-hydroxylation sites is 1. The lowest BCUT2D eigenvalue weighted by atomic mass is 9.85. The monoisotopic (exact) mass is 470 g/mol. The number of aliphatic imine (C=N–C) groups is 1. The van der Waals surface area contributed by atoms with Gasteiger partial charge in [0.05, 0.1) is 41.6 Å². The van der Waals surface area contributed by atoms with Crippen LogP contribution in [0.2, 0.25) is 0 Å². The summed E-state index contributed by atoms with van der Waals surface area (Å²) in [6.45, 7) is 4.05. The Bertz CT molecular complexity index is 1360. The standard InChI is InChI=1S/C28H26N2O5/c1-28(2)16-17-12-13-18(35-3)14-22(17)24(30-28)15-25(31)21-10-6-7-11-23(21)29-26(32)19-8-4-5-9-20(19)27(33)34/h4-14H,15-16H2,1-3H3,(H,29,32)(H,33,34). The summed E-state index contributed by atoms with van der Waals surface area (Å²) in [5.74, 6) is -1.33. The molecule has 0 fully saturated rings. The van der Waals surface area contributed by atoms with E-state index in [4.69, 9.17) is 9.73 Å². The smallest absolute Gasteiger partial charge is 0.336 e. The molecule has 2 N–H and O–H groups in total. The average Bonchev–Trinajstić information content (AvgIpc) is 2.83. The van der Waals surface area contributed by atoms with E-state index in [1.807, 2.05) is 32.0 Å². The average molecular weight is 471 g/mol. The quantitative estimate of drug-likeness (QED) is 0.471. The number of methoxy groups -OCH3 is 1. The third-order valence-corrected chi connectivity index (χ3v) is 5.89. The molecule has 1 aliphatic rings. The number of carboxylic acids is 1. The van der Waals surface area contributed by atoms with E-state index >= 15 is 0 Å². The van der Waals surface area contributed by atoms with Crippen molar-refractivity contribution in [2.24, 2.45) is 4.99 Å². The molecule has 0 saturated carbocycles. The van der Waals surface area contributed by atoms with Gasteiger partial charge in [-0.15, -0.1) is 0 Å². The van der Waals surface area contributed by atoms with Crippen LogP contribution in [0.3, 0.4) is 0 Å². The first-order valence-corrected chi connectivity index (χ1v) is 11.2. The second-order valence-corrected chi connectivity index (χ2v) is 9.02. The van der Waals surface area contributed by atoms with Gasteiger partial charge in [0, 0.05) is 11.1 Å². The molecule has 1 aliphatic heterocycles. The second-order valence-electron chi connectivity index (χ2n) is 9.02. The van der Waals surface area contributed by atoms with Gasteiger partial charge in [-0.25, -0.2) is 4.79 Å². The van der Waals surface area contributed by atoms with Crippen molar-refractivity contribution in [2.75, 3.05) is 12.4 Å². The van der Waals surface area contributed by atoms with E-state index < -0.39 is 11.9 Å². The normalized spacial score (nSPS) is 13.9. The van der Waals surface area contributed by atoms with Gasteiger partial charge in [0.2, 0.25) is 0 Å². The number of hydrogen-bond acceptors (Lipinski definition) is 5. The molecule has 3 aromatic rings. The maximum Gasteiger partial charge on any atom is 0.336 e. The Labute approximate surface area is 203 Å². The number of carbonyl (C=O) groups is 3. The van der Waals surface area contributed by atoms with Crippen molar-refractivity contribution in [1.82, 2.24) is 0 Å². The van der Waals surface area contributed by atoms with Crippen LogP contribution in [0, 0.1) is 0 Å². The zero-order chi connectivity index (χ0) is 25.2. The summed E-state index contributed by atoms with van der Waals surface area (Å²) in [5, 5.41) is 12.1. The second kappa shape index (κ2) is 9.54. The third kappa shape index (κ3) is 5.14. The number of anilines is 1. The van der Waals surface area contributed by atoms with Gasteiger partial charge in [0.15, 0.2) is 5.78 Å². The fraction of sp³-hybridized carbons (Fsp3) is 0.214. The van der Waals surface area contributed by atoms with Crippen LogP contribution in [0.1, 0.15) is 62.5 Å². The Hall–Kier alpha value is -4.26. The van der Waals surface area contributed by atoms with Crippen LogP contribution in [0.25, 0.3) is 0 Å². The van der Waals surface area contributed by atoms with Gasteiger partial charge in [-0.2, -0.15) is 0 Å². The summed E-state index contributed by atoms with van der Waals surface area (Å²) in [7, 11) is 1.60. The summed E-state index contributed by atoms with van der Waals surface area (Å²) >= 11 is 0. The number of aromatic carboxylic acids is 1. The van der Waals surface area contributed by atoms with Crippen LogP contribution in [-0.4, -0.2) is 41.1 Å². The Morgan fingerprint density at radius 3 is 2.31 bits per heavy atom. The fourth-order valence-electron chi connectivity index (χ4n) is 4.31. The highest BCUT2D eigenvalue weighted by molar-refractivity contribution is 6.20. The molecule has 1 heterocycles. The molecule has 1 amide bonds. The molecule has 0 radical (unpaired) electrons. The number of benzene rings is 3. The van der Waals surface area contributed by atoms with Gasteiger partial charge < -0.3 is 15.2 Å². The fourth-order valence-corrected chi connectivity index (χ4v) is 4.31. The van der Waals surface area contributed by atoms with Crippen molar-refractivity contribution in [3.8, 4) is 5.75 Å². The molecule has 7 nitrogen and oxygen atoms in total. The maximum absolute atomic E-state index is 13.4. The third-order valence-electron chi connectivity index (χ3n) is 5.89. The molecule has 0 aromatic heterocycles. The first-order valence-electron chi connectivity index (χ1n) is 11.2. The predicted octanol–water partition coefficient (Wildman–Crippen LogP) is 5.04. The van der Waals surface area contributed by atoms with E-state index in [1.165, 1.54) is 12.1 Å². The molecule has 35 heavy (non-hydrogen) atoms. The van der Waals surface area contributed by atoms with Crippen molar-refractivity contribution < 1.29 is 24.2 Å². The highest BCUT2D eigenvalue weighted by Crippen LogP contribution is 2.31. The molecule has 0 spiro atoms. The van der Waals surface area contributed by atoms with Crippen LogP contribution in [0.4, 0.5) is 5.69 Å². The summed E-state index contributed by atoms with van der Waals surface area (Å²) < 4.78 is 5.37. The highest BCUT2D eigenvalue weighted by Gasteiger charge is 2.29. The Morgan fingerprint density at radius 2 is 1.63 bits per heavy atom. The van der Waals surface area contributed by atoms with E-state index in [1.54, 1.807) is 43.5 Å². The number of carboxylic acid groups (broad SMARTS) is 1. The van der Waals surface area contributed by atoms with Gasteiger partial charge >= 0.3 is 5.97 Å². The van der Waals surface area contributed by atoms with Crippen molar-refractivity contribution in [2.45, 2.75) is 32.2 Å². The lowest BCUT2D eigenvalue weighted by molar-refractivity contribution is 0.0692. The van der Waals surface area contributed by atoms with E-state index in [0.29, 0.717) is 22.7 Å². The number of hydrogen-bond donors (Lipinski definition) is 2. The first kappa shape index (κ1) is 23.9. The molecule has 3 aromatic carbocycles. The Balaban J connectivity index is 1.64.